The van der Waals surface area contributed by atoms with Crippen molar-refractivity contribution in [1.29, 1.82) is 0 Å². The van der Waals surface area contributed by atoms with Crippen molar-refractivity contribution >= 4 is 22.6 Å². The minimum Gasteiger partial charge on any atom is -0.304 e. The van der Waals surface area contributed by atoms with E-state index in [0.717, 1.165) is 35.9 Å². The van der Waals surface area contributed by atoms with Gasteiger partial charge >= 0.3 is 0 Å². The largest absolute Gasteiger partial charge is 0.304 e. The van der Waals surface area contributed by atoms with Gasteiger partial charge in [-0.15, -0.1) is 0 Å². The number of nitrogens with one attached hydrogen (secondary N) is 1. The first-order valence-corrected chi connectivity index (χ1v) is 7.76. The third-order valence-corrected chi connectivity index (χ3v) is 4.32. The van der Waals surface area contributed by atoms with Gasteiger partial charge in [-0.05, 0) is 42.5 Å². The van der Waals surface area contributed by atoms with E-state index in [2.05, 4.69) is 16.5 Å². The number of fused-ring (bicyclic) bond motifs is 1. The lowest BCUT2D eigenvalue weighted by molar-refractivity contribution is 0.102. The van der Waals surface area contributed by atoms with Crippen LogP contribution in [0.5, 0.6) is 0 Å². The van der Waals surface area contributed by atoms with Crippen LogP contribution in [-0.4, -0.2) is 15.7 Å². The fourth-order valence-electron chi connectivity index (χ4n) is 3.03. The van der Waals surface area contributed by atoms with Crippen LogP contribution in [0.25, 0.3) is 10.9 Å². The van der Waals surface area contributed by atoms with E-state index in [1.807, 2.05) is 19.2 Å². The van der Waals surface area contributed by atoms with Crippen molar-refractivity contribution in [1.82, 2.24) is 9.78 Å². The predicted octanol–water partition coefficient (Wildman–Crippen LogP) is 3.98. The fourth-order valence-corrected chi connectivity index (χ4v) is 3.03. The van der Waals surface area contributed by atoms with E-state index in [-0.39, 0.29) is 5.56 Å². The first-order chi connectivity index (χ1) is 11.5. The van der Waals surface area contributed by atoms with Gasteiger partial charge in [0.25, 0.3) is 5.91 Å². The summed E-state index contributed by atoms with van der Waals surface area (Å²) in [6, 6.07) is 8.76. The van der Waals surface area contributed by atoms with Crippen molar-refractivity contribution in [3.63, 3.8) is 0 Å². The lowest BCUT2D eigenvalue weighted by atomic mass is 10.1. The summed E-state index contributed by atoms with van der Waals surface area (Å²) in [6.45, 7) is 0. The Bertz CT molecular complexity index is 960. The van der Waals surface area contributed by atoms with E-state index < -0.39 is 17.5 Å². The lowest BCUT2D eigenvalue weighted by Gasteiger charge is -2.05. The third kappa shape index (κ3) is 2.44. The van der Waals surface area contributed by atoms with E-state index >= 15 is 0 Å². The van der Waals surface area contributed by atoms with Gasteiger partial charge in [0.15, 0.2) is 5.82 Å². The molecule has 122 valence electrons. The lowest BCUT2D eigenvalue weighted by Crippen LogP contribution is -2.14. The van der Waals surface area contributed by atoms with E-state index in [4.69, 9.17) is 0 Å². The maximum absolute atomic E-state index is 13.8. The first-order valence-electron chi connectivity index (χ1n) is 7.76. The van der Waals surface area contributed by atoms with E-state index in [0.29, 0.717) is 17.8 Å². The molecule has 1 saturated carbocycles. The maximum Gasteiger partial charge on any atom is 0.259 e. The van der Waals surface area contributed by atoms with Crippen LogP contribution in [0.1, 0.15) is 34.7 Å². The molecule has 0 spiro atoms. The number of amides is 1. The number of hydrogen-bond acceptors (Lipinski definition) is 2. The molecule has 1 amide bonds. The second-order valence-corrected chi connectivity index (χ2v) is 6.07. The molecule has 1 heterocycles. The van der Waals surface area contributed by atoms with Gasteiger partial charge in [-0.2, -0.15) is 5.10 Å². The average molecular weight is 327 g/mol. The maximum atomic E-state index is 13.8. The second kappa shape index (κ2) is 5.40. The van der Waals surface area contributed by atoms with E-state index in [1.165, 1.54) is 5.56 Å². The monoisotopic (exact) mass is 327 g/mol. The zero-order chi connectivity index (χ0) is 16.8. The molecular formula is C18H15F2N3O. The summed E-state index contributed by atoms with van der Waals surface area (Å²) in [5.41, 5.74) is 1.99. The average Bonchev–Trinajstić information content (AvgIpc) is 3.33. The molecule has 1 N–H and O–H groups in total. The minimum absolute atomic E-state index is 0.214. The van der Waals surface area contributed by atoms with Crippen LogP contribution in [0, 0.1) is 11.6 Å². The Balaban J connectivity index is 1.72. The Kier molecular flexibility index (Phi) is 3.33. The van der Waals surface area contributed by atoms with Crippen LogP contribution in [0.2, 0.25) is 0 Å². The van der Waals surface area contributed by atoms with Crippen molar-refractivity contribution in [2.45, 2.75) is 18.8 Å². The zero-order valence-corrected chi connectivity index (χ0v) is 13.0. The van der Waals surface area contributed by atoms with Gasteiger partial charge in [0, 0.05) is 18.5 Å². The quantitative estimate of drug-likeness (QED) is 0.791. The van der Waals surface area contributed by atoms with Crippen molar-refractivity contribution in [2.75, 3.05) is 5.32 Å². The number of rotatable bonds is 3. The number of benzene rings is 2. The smallest absolute Gasteiger partial charge is 0.259 e. The molecule has 24 heavy (non-hydrogen) atoms. The van der Waals surface area contributed by atoms with E-state index in [1.54, 1.807) is 4.68 Å². The molecular weight excluding hydrogens is 312 g/mol. The van der Waals surface area contributed by atoms with Crippen molar-refractivity contribution in [2.24, 2.45) is 7.05 Å². The molecule has 1 fully saturated rings. The third-order valence-electron chi connectivity index (χ3n) is 4.32. The summed E-state index contributed by atoms with van der Waals surface area (Å²) in [5, 5.41) is 7.81. The SMILES string of the molecule is Cn1nc(NC(=O)c2ccc(F)cc2F)c2cccc(C3CC3)c21. The number of para-hydroxylation sites is 1. The standard InChI is InChI=1S/C18H15F2N3O/c1-23-16-12(10-5-6-10)3-2-4-14(16)17(22-23)21-18(24)13-8-7-11(19)9-15(13)20/h2-4,7-10H,5-6H2,1H3,(H,21,22,24). The van der Waals surface area contributed by atoms with Crippen LogP contribution < -0.4 is 5.32 Å². The molecule has 0 bridgehead atoms. The van der Waals surface area contributed by atoms with Gasteiger partial charge in [-0.25, -0.2) is 8.78 Å². The molecule has 0 radical (unpaired) electrons. The predicted molar refractivity (Wildman–Crippen MR) is 87.0 cm³/mol. The van der Waals surface area contributed by atoms with Crippen LogP contribution in [0.3, 0.4) is 0 Å². The van der Waals surface area contributed by atoms with Crippen molar-refractivity contribution < 1.29 is 13.6 Å². The molecule has 1 aromatic heterocycles. The number of nitrogens with zero attached hydrogens (tertiary/aromatic N) is 2. The molecule has 0 saturated heterocycles. The molecule has 4 nitrogen and oxygen atoms in total. The first kappa shape index (κ1) is 14.8. The molecule has 1 aliphatic rings. The molecule has 3 aromatic rings. The van der Waals surface area contributed by atoms with Gasteiger partial charge in [0.05, 0.1) is 11.1 Å². The van der Waals surface area contributed by atoms with Crippen LogP contribution in [0.15, 0.2) is 36.4 Å². The van der Waals surface area contributed by atoms with Crippen LogP contribution in [0.4, 0.5) is 14.6 Å². The normalized spacial score (nSPS) is 14.1. The second-order valence-electron chi connectivity index (χ2n) is 6.07. The zero-order valence-electron chi connectivity index (χ0n) is 13.0. The Morgan fingerprint density at radius 3 is 2.75 bits per heavy atom. The van der Waals surface area contributed by atoms with Crippen LogP contribution in [-0.2, 0) is 7.05 Å². The van der Waals surface area contributed by atoms with Gasteiger partial charge in [0.1, 0.15) is 11.6 Å². The highest BCUT2D eigenvalue weighted by Crippen LogP contribution is 2.43. The highest BCUT2D eigenvalue weighted by atomic mass is 19.1. The Morgan fingerprint density at radius 1 is 1.25 bits per heavy atom. The number of anilines is 1. The van der Waals surface area contributed by atoms with E-state index in [9.17, 15) is 13.6 Å². The van der Waals surface area contributed by atoms with Crippen molar-refractivity contribution in [3.05, 3.63) is 59.2 Å². The highest BCUT2D eigenvalue weighted by molar-refractivity contribution is 6.08. The summed E-state index contributed by atoms with van der Waals surface area (Å²) in [4.78, 5) is 12.3. The molecule has 0 unspecified atom stereocenters. The topological polar surface area (TPSA) is 46.9 Å². The number of halogens is 2. The summed E-state index contributed by atoms with van der Waals surface area (Å²) in [7, 11) is 1.82. The molecule has 1 aliphatic carbocycles. The summed E-state index contributed by atoms with van der Waals surface area (Å²) >= 11 is 0. The summed E-state index contributed by atoms with van der Waals surface area (Å²) in [6.07, 6.45) is 2.32. The number of hydrogen-bond donors (Lipinski definition) is 1. The summed E-state index contributed by atoms with van der Waals surface area (Å²) in [5.74, 6) is -1.34. The number of carbonyl (C=O) groups is 1. The molecule has 0 aliphatic heterocycles. The number of aryl methyl sites for hydroxylation is 1. The van der Waals surface area contributed by atoms with Gasteiger partial charge < -0.3 is 5.32 Å². The van der Waals surface area contributed by atoms with Crippen molar-refractivity contribution in [3.8, 4) is 0 Å². The molecule has 6 heteroatoms. The number of carbonyl (C=O) groups excluding carboxylic acids is 1. The molecule has 4 rings (SSSR count). The van der Waals surface area contributed by atoms with Gasteiger partial charge in [0.2, 0.25) is 0 Å². The fraction of sp³-hybridized carbons (Fsp3) is 0.222. The Hall–Kier alpha value is -2.76. The minimum atomic E-state index is -0.897. The molecule has 0 atom stereocenters. The number of aromatic nitrogens is 2. The summed E-state index contributed by atoms with van der Waals surface area (Å²) < 4.78 is 28.5. The Morgan fingerprint density at radius 2 is 2.04 bits per heavy atom. The van der Waals surface area contributed by atoms with Crippen LogP contribution >= 0.6 is 0 Å². The highest BCUT2D eigenvalue weighted by Gasteiger charge is 2.27. The Labute approximate surface area is 137 Å². The molecule has 2 aromatic carbocycles. The van der Waals surface area contributed by atoms with Gasteiger partial charge in [-0.1, -0.05) is 12.1 Å². The van der Waals surface area contributed by atoms with Gasteiger partial charge in [-0.3, -0.25) is 9.48 Å².